The molecule has 0 heterocycles. The molecule has 1 aromatic rings. The second kappa shape index (κ2) is 3.28. The highest BCUT2D eigenvalue weighted by Gasteiger charge is 2.14. The number of halogens is 2. The van der Waals surface area contributed by atoms with Crippen molar-refractivity contribution in [2.75, 3.05) is 0 Å². The van der Waals surface area contributed by atoms with E-state index in [0.717, 1.165) is 6.07 Å². The maximum absolute atomic E-state index is 10.3. The molecule has 0 aromatic heterocycles. The average molecular weight is 252 g/mol. The number of rotatable bonds is 1. The van der Waals surface area contributed by atoms with Gasteiger partial charge in [0.1, 0.15) is 5.75 Å². The van der Waals surface area contributed by atoms with E-state index in [1.54, 1.807) is 0 Å². The van der Waals surface area contributed by atoms with E-state index in [2.05, 4.69) is 15.9 Å². The van der Waals surface area contributed by atoms with Gasteiger partial charge in [-0.15, -0.1) is 0 Å². The number of benzene rings is 1. The number of nitro benzene ring substituents is 1. The number of hydrogen-bond donors (Lipinski definition) is 1. The van der Waals surface area contributed by atoms with Crippen molar-refractivity contribution < 1.29 is 10.0 Å². The van der Waals surface area contributed by atoms with Crippen LogP contribution in [-0.2, 0) is 0 Å². The van der Waals surface area contributed by atoms with Gasteiger partial charge in [0.15, 0.2) is 0 Å². The van der Waals surface area contributed by atoms with Gasteiger partial charge in [-0.1, -0.05) is 11.6 Å². The van der Waals surface area contributed by atoms with Gasteiger partial charge < -0.3 is 5.11 Å². The van der Waals surface area contributed by atoms with Gasteiger partial charge in [0.05, 0.1) is 20.5 Å². The van der Waals surface area contributed by atoms with Gasteiger partial charge in [-0.3, -0.25) is 10.1 Å². The van der Waals surface area contributed by atoms with Crippen LogP contribution in [0.2, 0.25) is 5.02 Å². The third kappa shape index (κ3) is 1.67. The zero-order valence-corrected chi connectivity index (χ0v) is 7.96. The van der Waals surface area contributed by atoms with E-state index in [4.69, 9.17) is 16.7 Å². The van der Waals surface area contributed by atoms with Crippen LogP contribution in [0.4, 0.5) is 5.69 Å². The summed E-state index contributed by atoms with van der Waals surface area (Å²) in [7, 11) is 0. The lowest BCUT2D eigenvalue weighted by Gasteiger charge is -1.98. The second-order valence-corrected chi connectivity index (χ2v) is 3.27. The Morgan fingerprint density at radius 2 is 2.17 bits per heavy atom. The summed E-state index contributed by atoms with van der Waals surface area (Å²) in [6, 6.07) is 2.27. The Labute approximate surface area is 81.0 Å². The largest absolute Gasteiger partial charge is 0.506 e. The van der Waals surface area contributed by atoms with Gasteiger partial charge >= 0.3 is 0 Å². The molecule has 0 fully saturated rings. The van der Waals surface area contributed by atoms with Gasteiger partial charge in [0.25, 0.3) is 5.69 Å². The van der Waals surface area contributed by atoms with E-state index in [1.807, 2.05) is 0 Å². The van der Waals surface area contributed by atoms with Crippen molar-refractivity contribution >= 4 is 33.2 Å². The Bertz CT molecular complexity index is 342. The standard InChI is InChI=1S/C6H3BrClNO3/c7-3-1-4(8)6(10)2-5(3)9(11)12/h1-2,10H. The lowest BCUT2D eigenvalue weighted by molar-refractivity contribution is -0.385. The first-order valence-corrected chi connectivity index (χ1v) is 4.02. The quantitative estimate of drug-likeness (QED) is 0.617. The molecule has 0 atom stereocenters. The number of aromatic hydroxyl groups is 1. The van der Waals surface area contributed by atoms with Crippen LogP contribution >= 0.6 is 27.5 Å². The Hall–Kier alpha value is -0.810. The number of phenolic OH excluding ortho intramolecular Hbond substituents is 1. The van der Waals surface area contributed by atoms with Crippen LogP contribution in [0.15, 0.2) is 16.6 Å². The van der Waals surface area contributed by atoms with Crippen molar-refractivity contribution in [2.45, 2.75) is 0 Å². The summed E-state index contributed by atoms with van der Waals surface area (Å²) < 4.78 is 0.246. The summed E-state index contributed by atoms with van der Waals surface area (Å²) in [6.07, 6.45) is 0. The maximum Gasteiger partial charge on any atom is 0.287 e. The molecule has 0 aliphatic carbocycles. The fourth-order valence-electron chi connectivity index (χ4n) is 0.666. The van der Waals surface area contributed by atoms with E-state index < -0.39 is 4.92 Å². The molecule has 6 heteroatoms. The Morgan fingerprint density at radius 1 is 1.58 bits per heavy atom. The lowest BCUT2D eigenvalue weighted by atomic mass is 10.3. The van der Waals surface area contributed by atoms with Crippen LogP contribution in [0, 0.1) is 10.1 Å². The number of nitro groups is 1. The van der Waals surface area contributed by atoms with Crippen LogP contribution in [0.1, 0.15) is 0 Å². The van der Waals surface area contributed by atoms with Crippen LogP contribution < -0.4 is 0 Å². The topological polar surface area (TPSA) is 63.4 Å². The Balaban J connectivity index is 3.33. The smallest absolute Gasteiger partial charge is 0.287 e. The summed E-state index contributed by atoms with van der Waals surface area (Å²) in [5, 5.41) is 19.4. The highest BCUT2D eigenvalue weighted by Crippen LogP contribution is 2.34. The predicted octanol–water partition coefficient (Wildman–Crippen LogP) is 2.72. The molecule has 1 aromatic carbocycles. The molecular formula is C6H3BrClNO3. The third-order valence-electron chi connectivity index (χ3n) is 1.21. The molecule has 1 rings (SSSR count). The highest BCUT2D eigenvalue weighted by atomic mass is 79.9. The zero-order chi connectivity index (χ0) is 9.30. The van der Waals surface area contributed by atoms with Gasteiger partial charge in [-0.05, 0) is 22.0 Å². The fraction of sp³-hybridized carbons (Fsp3) is 0. The normalized spacial score (nSPS) is 9.83. The van der Waals surface area contributed by atoms with E-state index in [9.17, 15) is 10.1 Å². The van der Waals surface area contributed by atoms with Crippen LogP contribution in [0.3, 0.4) is 0 Å². The molecule has 0 saturated carbocycles. The van der Waals surface area contributed by atoms with E-state index in [0.29, 0.717) is 0 Å². The van der Waals surface area contributed by atoms with Crippen molar-refractivity contribution in [3.8, 4) is 5.75 Å². The summed E-state index contributed by atoms with van der Waals surface area (Å²) in [5.41, 5.74) is -0.211. The lowest BCUT2D eigenvalue weighted by Crippen LogP contribution is -1.88. The summed E-state index contributed by atoms with van der Waals surface area (Å²) >= 11 is 8.43. The van der Waals surface area contributed by atoms with Crippen molar-refractivity contribution in [1.82, 2.24) is 0 Å². The first-order chi connectivity index (χ1) is 5.52. The van der Waals surface area contributed by atoms with E-state index in [-0.39, 0.29) is 20.9 Å². The zero-order valence-electron chi connectivity index (χ0n) is 5.62. The molecule has 0 aliphatic rings. The number of phenols is 1. The van der Waals surface area contributed by atoms with Gasteiger partial charge in [0.2, 0.25) is 0 Å². The van der Waals surface area contributed by atoms with Crippen molar-refractivity contribution in [3.05, 3.63) is 31.7 Å². The van der Waals surface area contributed by atoms with Crippen LogP contribution in [0.25, 0.3) is 0 Å². The van der Waals surface area contributed by atoms with Crippen LogP contribution in [0.5, 0.6) is 5.75 Å². The van der Waals surface area contributed by atoms with Gasteiger partial charge in [0, 0.05) is 0 Å². The molecular weight excluding hydrogens is 249 g/mol. The minimum absolute atomic E-state index is 0.0764. The first kappa shape index (κ1) is 9.28. The molecule has 0 spiro atoms. The molecule has 0 aliphatic heterocycles. The SMILES string of the molecule is O=[N+]([O-])c1cc(O)c(Cl)cc1Br. The summed E-state index contributed by atoms with van der Waals surface area (Å²) in [4.78, 5) is 9.70. The highest BCUT2D eigenvalue weighted by molar-refractivity contribution is 9.10. The maximum atomic E-state index is 10.3. The number of hydrogen-bond acceptors (Lipinski definition) is 3. The molecule has 64 valence electrons. The van der Waals surface area contributed by atoms with Crippen molar-refractivity contribution in [1.29, 1.82) is 0 Å². The molecule has 0 amide bonds. The molecule has 0 saturated heterocycles. The molecule has 0 radical (unpaired) electrons. The summed E-state index contributed by atoms with van der Waals surface area (Å²) in [6.45, 7) is 0. The molecule has 1 N–H and O–H groups in total. The van der Waals surface area contributed by atoms with Gasteiger partial charge in [-0.25, -0.2) is 0 Å². The van der Waals surface area contributed by atoms with E-state index in [1.165, 1.54) is 6.07 Å². The average Bonchev–Trinajstić information content (AvgIpc) is 1.96. The van der Waals surface area contributed by atoms with Crippen LogP contribution in [-0.4, -0.2) is 10.0 Å². The Kier molecular flexibility index (Phi) is 2.54. The first-order valence-electron chi connectivity index (χ1n) is 2.85. The molecule has 12 heavy (non-hydrogen) atoms. The number of nitrogens with zero attached hydrogens (tertiary/aromatic N) is 1. The summed E-state index contributed by atoms with van der Waals surface area (Å²) in [5.74, 6) is -0.299. The third-order valence-corrected chi connectivity index (χ3v) is 2.15. The monoisotopic (exact) mass is 251 g/mol. The molecule has 4 nitrogen and oxygen atoms in total. The second-order valence-electron chi connectivity index (χ2n) is 2.01. The van der Waals surface area contributed by atoms with Crippen molar-refractivity contribution in [3.63, 3.8) is 0 Å². The molecule has 0 bridgehead atoms. The fourth-order valence-corrected chi connectivity index (χ4v) is 1.45. The Morgan fingerprint density at radius 3 is 2.67 bits per heavy atom. The predicted molar refractivity (Wildman–Crippen MR) is 47.5 cm³/mol. The minimum Gasteiger partial charge on any atom is -0.506 e. The van der Waals surface area contributed by atoms with Gasteiger partial charge in [-0.2, -0.15) is 0 Å². The van der Waals surface area contributed by atoms with E-state index >= 15 is 0 Å². The van der Waals surface area contributed by atoms with Crippen molar-refractivity contribution in [2.24, 2.45) is 0 Å². The molecule has 0 unspecified atom stereocenters. The minimum atomic E-state index is -0.611.